The number of rotatable bonds is 5. The first-order valence-electron chi connectivity index (χ1n) is 5.59. The van der Waals surface area contributed by atoms with Gasteiger partial charge >= 0.3 is 0 Å². The summed E-state index contributed by atoms with van der Waals surface area (Å²) in [6, 6.07) is 5.13. The summed E-state index contributed by atoms with van der Waals surface area (Å²) >= 11 is 5.92. The smallest absolute Gasteiger partial charge is 0.289 e. The van der Waals surface area contributed by atoms with Crippen LogP contribution in [0, 0.1) is 10.1 Å². The Bertz CT molecular complexity index is 577. The molecule has 0 aliphatic heterocycles. The summed E-state index contributed by atoms with van der Waals surface area (Å²) in [5.74, 6) is 0.446. The van der Waals surface area contributed by atoms with Crippen molar-refractivity contribution in [1.29, 1.82) is 0 Å². The Balaban J connectivity index is 1.95. The van der Waals surface area contributed by atoms with E-state index in [1.165, 1.54) is 12.3 Å². The van der Waals surface area contributed by atoms with Gasteiger partial charge in [0.2, 0.25) is 0 Å². The zero-order valence-electron chi connectivity index (χ0n) is 9.91. The molecular weight excluding hydrogens is 268 g/mol. The molecule has 0 saturated heterocycles. The van der Waals surface area contributed by atoms with Crippen LogP contribution in [0.1, 0.15) is 5.56 Å². The highest BCUT2D eigenvalue weighted by Gasteiger charge is 2.10. The molecule has 7 heteroatoms. The standard InChI is InChI=1S/C12H11ClN4O2/c13-11-7-10(17(18)19)8-16-12(11)15-6-3-9-1-4-14-5-2-9/h1-2,4-5,7-8H,3,6H2,(H,15,16). The molecular formula is C12H11ClN4O2. The first-order chi connectivity index (χ1) is 9.16. The summed E-state index contributed by atoms with van der Waals surface area (Å²) in [4.78, 5) is 17.9. The van der Waals surface area contributed by atoms with E-state index in [1.807, 2.05) is 12.1 Å². The number of anilines is 1. The van der Waals surface area contributed by atoms with Gasteiger partial charge in [-0.15, -0.1) is 0 Å². The molecule has 2 rings (SSSR count). The van der Waals surface area contributed by atoms with Gasteiger partial charge in [-0.3, -0.25) is 15.1 Å². The summed E-state index contributed by atoms with van der Waals surface area (Å²) in [5.41, 5.74) is 1.02. The van der Waals surface area contributed by atoms with Crippen molar-refractivity contribution in [2.75, 3.05) is 11.9 Å². The van der Waals surface area contributed by atoms with Crippen molar-refractivity contribution in [3.05, 3.63) is 57.5 Å². The van der Waals surface area contributed by atoms with Crippen LogP contribution in [0.15, 0.2) is 36.8 Å². The second kappa shape index (κ2) is 6.10. The first-order valence-corrected chi connectivity index (χ1v) is 5.97. The predicted octanol–water partition coefficient (Wildman–Crippen LogP) is 2.69. The Morgan fingerprint density at radius 2 is 2.11 bits per heavy atom. The van der Waals surface area contributed by atoms with Crippen LogP contribution in [0.4, 0.5) is 11.5 Å². The molecule has 0 radical (unpaired) electrons. The van der Waals surface area contributed by atoms with Gasteiger partial charge in [-0.1, -0.05) is 11.6 Å². The molecule has 2 heterocycles. The number of hydrogen-bond donors (Lipinski definition) is 1. The van der Waals surface area contributed by atoms with Crippen LogP contribution >= 0.6 is 11.6 Å². The van der Waals surface area contributed by atoms with Crippen molar-refractivity contribution >= 4 is 23.1 Å². The number of nitrogens with zero attached hydrogens (tertiary/aromatic N) is 3. The minimum Gasteiger partial charge on any atom is -0.368 e. The molecule has 0 aliphatic carbocycles. The maximum atomic E-state index is 10.5. The molecule has 0 bridgehead atoms. The van der Waals surface area contributed by atoms with Gasteiger partial charge in [0.1, 0.15) is 12.0 Å². The van der Waals surface area contributed by atoms with Crippen LogP contribution in [0.3, 0.4) is 0 Å². The monoisotopic (exact) mass is 278 g/mol. The van der Waals surface area contributed by atoms with Crippen molar-refractivity contribution < 1.29 is 4.92 Å². The summed E-state index contributed by atoms with van der Waals surface area (Å²) in [6.45, 7) is 0.633. The maximum absolute atomic E-state index is 10.5. The van der Waals surface area contributed by atoms with Crippen LogP contribution in [0.2, 0.25) is 5.02 Å². The molecule has 98 valence electrons. The van der Waals surface area contributed by atoms with E-state index in [4.69, 9.17) is 11.6 Å². The number of nitro groups is 1. The Morgan fingerprint density at radius 1 is 1.37 bits per heavy atom. The molecule has 0 saturated carbocycles. The second-order valence-electron chi connectivity index (χ2n) is 3.81. The zero-order chi connectivity index (χ0) is 13.7. The first kappa shape index (κ1) is 13.2. The van der Waals surface area contributed by atoms with Crippen LogP contribution in [-0.2, 0) is 6.42 Å². The normalized spacial score (nSPS) is 10.2. The van der Waals surface area contributed by atoms with Gasteiger partial charge in [0.05, 0.1) is 9.95 Å². The van der Waals surface area contributed by atoms with Gasteiger partial charge in [-0.05, 0) is 24.1 Å². The molecule has 0 amide bonds. The van der Waals surface area contributed by atoms with Crippen LogP contribution in [0.25, 0.3) is 0 Å². The van der Waals surface area contributed by atoms with Gasteiger partial charge < -0.3 is 5.32 Å². The van der Waals surface area contributed by atoms with E-state index in [1.54, 1.807) is 12.4 Å². The average Bonchev–Trinajstić information content (AvgIpc) is 2.41. The second-order valence-corrected chi connectivity index (χ2v) is 4.22. The zero-order valence-corrected chi connectivity index (χ0v) is 10.7. The Labute approximate surface area is 114 Å². The van der Waals surface area contributed by atoms with E-state index in [0.29, 0.717) is 12.4 Å². The molecule has 0 aliphatic rings. The lowest BCUT2D eigenvalue weighted by Gasteiger charge is -2.06. The SMILES string of the molecule is O=[N+]([O-])c1cnc(NCCc2ccncc2)c(Cl)c1. The molecule has 2 aromatic rings. The molecule has 2 aromatic heterocycles. The third kappa shape index (κ3) is 3.62. The Hall–Kier alpha value is -2.21. The molecule has 0 aromatic carbocycles. The van der Waals surface area contributed by atoms with Crippen molar-refractivity contribution in [3.8, 4) is 0 Å². The minimum absolute atomic E-state index is 0.121. The molecule has 6 nitrogen and oxygen atoms in total. The predicted molar refractivity (Wildman–Crippen MR) is 72.3 cm³/mol. The summed E-state index contributed by atoms with van der Waals surface area (Å²) in [7, 11) is 0. The average molecular weight is 279 g/mol. The van der Waals surface area contributed by atoms with E-state index in [9.17, 15) is 10.1 Å². The summed E-state index contributed by atoms with van der Waals surface area (Å²) < 4.78 is 0. The molecule has 1 N–H and O–H groups in total. The van der Waals surface area contributed by atoms with Crippen molar-refractivity contribution in [2.24, 2.45) is 0 Å². The van der Waals surface area contributed by atoms with E-state index < -0.39 is 4.92 Å². The fourth-order valence-electron chi connectivity index (χ4n) is 1.53. The van der Waals surface area contributed by atoms with Gasteiger partial charge in [0.25, 0.3) is 5.69 Å². The van der Waals surface area contributed by atoms with Gasteiger partial charge in [-0.25, -0.2) is 4.98 Å². The van der Waals surface area contributed by atoms with E-state index in [-0.39, 0.29) is 10.7 Å². The van der Waals surface area contributed by atoms with Crippen molar-refractivity contribution in [2.45, 2.75) is 6.42 Å². The summed E-state index contributed by atoms with van der Waals surface area (Å²) in [5, 5.41) is 13.8. The molecule has 0 unspecified atom stereocenters. The third-order valence-electron chi connectivity index (χ3n) is 2.49. The van der Waals surface area contributed by atoms with Crippen molar-refractivity contribution in [3.63, 3.8) is 0 Å². The number of pyridine rings is 2. The van der Waals surface area contributed by atoms with Crippen molar-refractivity contribution in [1.82, 2.24) is 9.97 Å². The highest BCUT2D eigenvalue weighted by Crippen LogP contribution is 2.23. The van der Waals surface area contributed by atoms with E-state index in [2.05, 4.69) is 15.3 Å². The largest absolute Gasteiger partial charge is 0.368 e. The fraction of sp³-hybridized carbons (Fsp3) is 0.167. The van der Waals surface area contributed by atoms with Crippen LogP contribution in [0.5, 0.6) is 0 Å². The van der Waals surface area contributed by atoms with Gasteiger partial charge in [0, 0.05) is 25.0 Å². The lowest BCUT2D eigenvalue weighted by atomic mass is 10.2. The lowest BCUT2D eigenvalue weighted by molar-refractivity contribution is -0.385. The Morgan fingerprint density at radius 3 is 2.74 bits per heavy atom. The molecule has 0 atom stereocenters. The van der Waals surface area contributed by atoms with E-state index in [0.717, 1.165) is 12.0 Å². The number of halogens is 1. The number of nitrogens with one attached hydrogen (secondary N) is 1. The van der Waals surface area contributed by atoms with Crippen LogP contribution < -0.4 is 5.32 Å². The topological polar surface area (TPSA) is 81.0 Å². The quantitative estimate of drug-likeness (QED) is 0.672. The molecule has 0 fully saturated rings. The number of hydrogen-bond acceptors (Lipinski definition) is 5. The molecule has 0 spiro atoms. The van der Waals surface area contributed by atoms with E-state index >= 15 is 0 Å². The third-order valence-corrected chi connectivity index (χ3v) is 2.78. The lowest BCUT2D eigenvalue weighted by Crippen LogP contribution is -2.07. The highest BCUT2D eigenvalue weighted by atomic mass is 35.5. The van der Waals surface area contributed by atoms with Gasteiger partial charge in [-0.2, -0.15) is 0 Å². The minimum atomic E-state index is -0.528. The number of aromatic nitrogens is 2. The van der Waals surface area contributed by atoms with Crippen LogP contribution in [-0.4, -0.2) is 21.4 Å². The maximum Gasteiger partial charge on any atom is 0.289 e. The molecule has 19 heavy (non-hydrogen) atoms. The Kier molecular flexibility index (Phi) is 4.25. The van der Waals surface area contributed by atoms with Gasteiger partial charge in [0.15, 0.2) is 0 Å². The highest BCUT2D eigenvalue weighted by molar-refractivity contribution is 6.33. The fourth-order valence-corrected chi connectivity index (χ4v) is 1.76. The summed E-state index contributed by atoms with van der Waals surface area (Å²) in [6.07, 6.45) is 5.43.